The molecule has 0 bridgehead atoms. The average molecular weight is 312 g/mol. The number of fused-ring (bicyclic) bond motifs is 2. The van der Waals surface area contributed by atoms with Crippen molar-refractivity contribution in [2.75, 3.05) is 0 Å². The van der Waals surface area contributed by atoms with E-state index in [4.69, 9.17) is 4.79 Å². The fraction of sp³-hybridized carbons (Fsp3) is 0.0556. The maximum absolute atomic E-state index is 8.81. The van der Waals surface area contributed by atoms with Crippen molar-refractivity contribution in [1.82, 2.24) is 0 Å². The van der Waals surface area contributed by atoms with E-state index in [9.17, 15) is 0 Å². The minimum absolute atomic E-state index is 0.750. The van der Waals surface area contributed by atoms with E-state index in [1.165, 1.54) is 27.1 Å². The Morgan fingerprint density at radius 2 is 1.10 bits per heavy atom. The SMILES string of the molecule is CC=O.c1ccc2sccc2c1.c1ccc2sccc2c1. The molecule has 0 radical (unpaired) electrons. The third-order valence-corrected chi connectivity index (χ3v) is 4.52. The van der Waals surface area contributed by atoms with E-state index in [1.54, 1.807) is 22.7 Å². The predicted octanol–water partition coefficient (Wildman–Crippen LogP) is 6.01. The van der Waals surface area contributed by atoms with Gasteiger partial charge in [0.15, 0.2) is 0 Å². The Balaban J connectivity index is 0.000000130. The summed E-state index contributed by atoms with van der Waals surface area (Å²) in [6.07, 6.45) is 0.750. The zero-order chi connectivity index (χ0) is 14.9. The molecule has 4 rings (SSSR count). The molecular formula is C18H16OS2. The van der Waals surface area contributed by atoms with E-state index in [0.717, 1.165) is 6.29 Å². The minimum atomic E-state index is 0.750. The molecule has 0 aliphatic rings. The normalized spacial score (nSPS) is 9.38. The molecule has 0 aliphatic carbocycles. The van der Waals surface area contributed by atoms with Crippen LogP contribution in [0.15, 0.2) is 71.4 Å². The molecule has 2 aromatic carbocycles. The van der Waals surface area contributed by atoms with Gasteiger partial charge >= 0.3 is 0 Å². The Morgan fingerprint density at radius 3 is 1.48 bits per heavy atom. The van der Waals surface area contributed by atoms with Gasteiger partial charge in [-0.15, -0.1) is 22.7 Å². The van der Waals surface area contributed by atoms with Crippen LogP contribution < -0.4 is 0 Å². The standard InChI is InChI=1S/2C8H6S.C2H4O/c2*1-2-4-8-7(3-1)5-6-9-8;1-2-3/h2*1-6H;2H,1H3. The second kappa shape index (κ2) is 8.35. The molecule has 0 N–H and O–H groups in total. The molecule has 106 valence electrons. The van der Waals surface area contributed by atoms with Crippen molar-refractivity contribution in [3.05, 3.63) is 71.4 Å². The lowest BCUT2D eigenvalue weighted by Gasteiger charge is -1.82. The molecule has 0 fully saturated rings. The first kappa shape index (κ1) is 15.4. The summed E-state index contributed by atoms with van der Waals surface area (Å²) in [5.41, 5.74) is 0. The smallest absolute Gasteiger partial charge is 0.116 e. The summed E-state index contributed by atoms with van der Waals surface area (Å²) in [7, 11) is 0. The van der Waals surface area contributed by atoms with Crippen LogP contribution in [0.4, 0.5) is 0 Å². The second-order valence-electron chi connectivity index (χ2n) is 4.15. The number of thiophene rings is 2. The van der Waals surface area contributed by atoms with E-state index in [-0.39, 0.29) is 0 Å². The highest BCUT2D eigenvalue weighted by atomic mass is 32.1. The average Bonchev–Trinajstić information content (AvgIpc) is 3.17. The molecule has 3 heteroatoms. The Labute approximate surface area is 132 Å². The van der Waals surface area contributed by atoms with Gasteiger partial charge in [-0.05, 0) is 52.7 Å². The number of rotatable bonds is 0. The van der Waals surface area contributed by atoms with Crippen LogP contribution in [0, 0.1) is 0 Å². The largest absolute Gasteiger partial charge is 0.304 e. The minimum Gasteiger partial charge on any atom is -0.304 e. The molecule has 0 atom stereocenters. The maximum atomic E-state index is 8.81. The summed E-state index contributed by atoms with van der Waals surface area (Å²) in [5.74, 6) is 0. The fourth-order valence-corrected chi connectivity index (χ4v) is 3.39. The number of carbonyl (C=O) groups is 1. The molecule has 0 saturated carbocycles. The van der Waals surface area contributed by atoms with Gasteiger partial charge in [-0.2, -0.15) is 0 Å². The van der Waals surface area contributed by atoms with Crippen molar-refractivity contribution in [2.45, 2.75) is 6.92 Å². The number of hydrogen-bond donors (Lipinski definition) is 0. The van der Waals surface area contributed by atoms with Gasteiger partial charge in [0.1, 0.15) is 6.29 Å². The van der Waals surface area contributed by atoms with Gasteiger partial charge in [0.25, 0.3) is 0 Å². The van der Waals surface area contributed by atoms with Gasteiger partial charge in [0.05, 0.1) is 0 Å². The molecular weight excluding hydrogens is 296 g/mol. The van der Waals surface area contributed by atoms with Crippen LogP contribution in [-0.2, 0) is 4.79 Å². The second-order valence-corrected chi connectivity index (χ2v) is 6.05. The van der Waals surface area contributed by atoms with Gasteiger partial charge in [0.2, 0.25) is 0 Å². The molecule has 4 aromatic rings. The van der Waals surface area contributed by atoms with Crippen LogP contribution in [0.5, 0.6) is 0 Å². The van der Waals surface area contributed by atoms with Crippen molar-refractivity contribution < 1.29 is 4.79 Å². The van der Waals surface area contributed by atoms with E-state index in [2.05, 4.69) is 71.4 Å². The molecule has 0 saturated heterocycles. The summed E-state index contributed by atoms with van der Waals surface area (Å²) in [6, 6.07) is 21.1. The molecule has 21 heavy (non-hydrogen) atoms. The van der Waals surface area contributed by atoms with Crippen LogP contribution in [0.3, 0.4) is 0 Å². The van der Waals surface area contributed by atoms with Crippen LogP contribution in [-0.4, -0.2) is 6.29 Å². The zero-order valence-corrected chi connectivity index (χ0v) is 13.4. The lowest BCUT2D eigenvalue weighted by molar-refractivity contribution is -0.106. The van der Waals surface area contributed by atoms with Crippen molar-refractivity contribution in [3.63, 3.8) is 0 Å². The van der Waals surface area contributed by atoms with Crippen LogP contribution in [0.2, 0.25) is 0 Å². The van der Waals surface area contributed by atoms with Gasteiger partial charge in [-0.1, -0.05) is 36.4 Å². The summed E-state index contributed by atoms with van der Waals surface area (Å²) in [5, 5.41) is 6.93. The summed E-state index contributed by atoms with van der Waals surface area (Å²) >= 11 is 3.57. The van der Waals surface area contributed by atoms with E-state index < -0.39 is 0 Å². The molecule has 2 aromatic heterocycles. The number of hydrogen-bond acceptors (Lipinski definition) is 3. The van der Waals surface area contributed by atoms with Crippen LogP contribution in [0.1, 0.15) is 6.92 Å². The first-order valence-corrected chi connectivity index (χ1v) is 8.35. The molecule has 1 nitrogen and oxygen atoms in total. The maximum Gasteiger partial charge on any atom is 0.116 e. The topological polar surface area (TPSA) is 17.1 Å². The predicted molar refractivity (Wildman–Crippen MR) is 95.4 cm³/mol. The zero-order valence-electron chi connectivity index (χ0n) is 11.7. The van der Waals surface area contributed by atoms with E-state index in [1.807, 2.05) is 0 Å². The highest BCUT2D eigenvalue weighted by molar-refractivity contribution is 7.17. The summed E-state index contributed by atoms with van der Waals surface area (Å²) in [6.45, 7) is 1.44. The number of benzene rings is 2. The lowest BCUT2D eigenvalue weighted by atomic mass is 10.3. The number of aldehydes is 1. The highest BCUT2D eigenvalue weighted by Crippen LogP contribution is 2.19. The quantitative estimate of drug-likeness (QED) is 0.363. The molecule has 0 amide bonds. The first-order valence-electron chi connectivity index (χ1n) is 6.59. The third-order valence-electron chi connectivity index (χ3n) is 2.72. The van der Waals surface area contributed by atoms with Gasteiger partial charge in [-0.25, -0.2) is 0 Å². The fourth-order valence-electron chi connectivity index (χ4n) is 1.81. The Kier molecular flexibility index (Phi) is 6.13. The first-order chi connectivity index (χ1) is 10.3. The van der Waals surface area contributed by atoms with Gasteiger partial charge in [0, 0.05) is 9.40 Å². The van der Waals surface area contributed by atoms with Crippen molar-refractivity contribution >= 4 is 49.1 Å². The third kappa shape index (κ3) is 4.52. The summed E-state index contributed by atoms with van der Waals surface area (Å²) in [4.78, 5) is 8.81. The van der Waals surface area contributed by atoms with Crippen molar-refractivity contribution in [3.8, 4) is 0 Å². The molecule has 2 heterocycles. The van der Waals surface area contributed by atoms with E-state index >= 15 is 0 Å². The number of carbonyl (C=O) groups excluding carboxylic acids is 1. The molecule has 0 spiro atoms. The summed E-state index contributed by atoms with van der Waals surface area (Å²) < 4.78 is 2.75. The van der Waals surface area contributed by atoms with Crippen LogP contribution in [0.25, 0.3) is 20.2 Å². The molecule has 0 aliphatic heterocycles. The van der Waals surface area contributed by atoms with Gasteiger partial charge in [-0.3, -0.25) is 0 Å². The Bertz CT molecular complexity index is 672. The Hall–Kier alpha value is -1.97. The van der Waals surface area contributed by atoms with Crippen LogP contribution >= 0.6 is 22.7 Å². The Morgan fingerprint density at radius 1 is 0.714 bits per heavy atom. The van der Waals surface area contributed by atoms with Gasteiger partial charge < -0.3 is 4.79 Å². The van der Waals surface area contributed by atoms with Crippen molar-refractivity contribution in [2.24, 2.45) is 0 Å². The lowest BCUT2D eigenvalue weighted by Crippen LogP contribution is -1.56. The molecule has 0 unspecified atom stereocenters. The highest BCUT2D eigenvalue weighted by Gasteiger charge is 1.88. The van der Waals surface area contributed by atoms with Crippen molar-refractivity contribution in [1.29, 1.82) is 0 Å². The van der Waals surface area contributed by atoms with E-state index in [0.29, 0.717) is 0 Å². The monoisotopic (exact) mass is 312 g/mol.